The quantitative estimate of drug-likeness (QED) is 0.918. The highest BCUT2D eigenvalue weighted by atomic mass is 16.3. The molecule has 102 valence electrons. The largest absolute Gasteiger partial charge is 0.393 e. The van der Waals surface area contributed by atoms with Gasteiger partial charge in [-0.15, -0.1) is 5.10 Å². The normalized spacial score (nSPS) is 13.5. The van der Waals surface area contributed by atoms with Gasteiger partial charge in [0.2, 0.25) is 0 Å². The van der Waals surface area contributed by atoms with Gasteiger partial charge < -0.3 is 5.11 Å². The van der Waals surface area contributed by atoms with Gasteiger partial charge in [0.15, 0.2) is 0 Å². The molecule has 1 unspecified atom stereocenters. The van der Waals surface area contributed by atoms with Crippen LogP contribution >= 0.6 is 0 Å². The minimum atomic E-state index is -0.327. The van der Waals surface area contributed by atoms with Crippen molar-refractivity contribution in [2.75, 3.05) is 0 Å². The van der Waals surface area contributed by atoms with E-state index in [2.05, 4.69) is 10.3 Å². The molecule has 1 heterocycles. The van der Waals surface area contributed by atoms with Crippen molar-refractivity contribution < 1.29 is 5.11 Å². The van der Waals surface area contributed by atoms with E-state index in [1.165, 1.54) is 0 Å². The summed E-state index contributed by atoms with van der Waals surface area (Å²) in [6, 6.07) is 9.93. The molecule has 19 heavy (non-hydrogen) atoms. The van der Waals surface area contributed by atoms with Gasteiger partial charge in [-0.2, -0.15) is 0 Å². The molecule has 1 aromatic heterocycles. The summed E-state index contributed by atoms with van der Waals surface area (Å²) in [4.78, 5) is 0. The molecule has 0 spiro atoms. The molecule has 0 saturated heterocycles. The molecule has 0 aliphatic heterocycles. The number of rotatable bonds is 4. The molecular weight excluding hydrogens is 238 g/mol. The molecule has 4 heteroatoms. The third kappa shape index (κ3) is 3.41. The Morgan fingerprint density at radius 2 is 1.89 bits per heavy atom. The fourth-order valence-electron chi connectivity index (χ4n) is 1.93. The molecule has 2 aromatic rings. The predicted octanol–water partition coefficient (Wildman–Crippen LogP) is 2.61. The molecule has 0 radical (unpaired) electrons. The molecule has 1 atom stereocenters. The Hall–Kier alpha value is -1.68. The second-order valence-electron chi connectivity index (χ2n) is 5.89. The Bertz CT molecular complexity index is 514. The van der Waals surface area contributed by atoms with Crippen LogP contribution in [-0.4, -0.2) is 26.2 Å². The lowest BCUT2D eigenvalue weighted by molar-refractivity contribution is 0.0556. The molecule has 0 saturated carbocycles. The highest BCUT2D eigenvalue weighted by Gasteiger charge is 2.22. The zero-order valence-electron chi connectivity index (χ0n) is 11.7. The Balaban J connectivity index is 2.09. The minimum absolute atomic E-state index is 0.0922. The first-order valence-corrected chi connectivity index (χ1v) is 6.61. The van der Waals surface area contributed by atoms with Gasteiger partial charge in [-0.3, -0.25) is 0 Å². The zero-order chi connectivity index (χ0) is 13.9. The lowest BCUT2D eigenvalue weighted by Crippen LogP contribution is -2.26. The van der Waals surface area contributed by atoms with Crippen LogP contribution in [-0.2, 0) is 6.42 Å². The van der Waals surface area contributed by atoms with E-state index in [9.17, 15) is 5.11 Å². The number of aliphatic hydroxyl groups is 1. The van der Waals surface area contributed by atoms with Crippen LogP contribution in [0.1, 0.15) is 32.9 Å². The van der Waals surface area contributed by atoms with Crippen molar-refractivity contribution in [3.63, 3.8) is 0 Å². The van der Waals surface area contributed by atoms with Crippen LogP contribution < -0.4 is 0 Å². The highest BCUT2D eigenvalue weighted by Crippen LogP contribution is 2.23. The zero-order valence-corrected chi connectivity index (χ0v) is 11.7. The molecule has 0 aliphatic rings. The summed E-state index contributed by atoms with van der Waals surface area (Å²) >= 11 is 0. The first kappa shape index (κ1) is 13.7. The molecule has 2 rings (SSSR count). The van der Waals surface area contributed by atoms with Crippen molar-refractivity contribution in [2.45, 2.75) is 39.7 Å². The van der Waals surface area contributed by atoms with E-state index in [0.717, 1.165) is 17.8 Å². The van der Waals surface area contributed by atoms with E-state index in [-0.39, 0.29) is 11.5 Å². The molecular formula is C15H21N3O. The summed E-state index contributed by atoms with van der Waals surface area (Å²) < 4.78 is 1.83. The van der Waals surface area contributed by atoms with Crippen LogP contribution in [0.15, 0.2) is 36.5 Å². The van der Waals surface area contributed by atoms with Crippen molar-refractivity contribution in [3.8, 4) is 5.69 Å². The smallest absolute Gasteiger partial charge is 0.0729 e. The van der Waals surface area contributed by atoms with Crippen LogP contribution in [0.5, 0.6) is 0 Å². The van der Waals surface area contributed by atoms with Crippen molar-refractivity contribution in [1.82, 2.24) is 15.0 Å². The lowest BCUT2D eigenvalue weighted by atomic mass is 9.86. The van der Waals surface area contributed by atoms with E-state index < -0.39 is 0 Å². The van der Waals surface area contributed by atoms with E-state index >= 15 is 0 Å². The van der Waals surface area contributed by atoms with Crippen LogP contribution in [0, 0.1) is 5.41 Å². The molecule has 1 N–H and O–H groups in total. The van der Waals surface area contributed by atoms with Gasteiger partial charge in [-0.25, -0.2) is 4.68 Å². The summed E-state index contributed by atoms with van der Waals surface area (Å²) in [7, 11) is 0. The minimum Gasteiger partial charge on any atom is -0.393 e. The van der Waals surface area contributed by atoms with Crippen LogP contribution in [0.4, 0.5) is 0 Å². The van der Waals surface area contributed by atoms with Gasteiger partial charge in [0, 0.05) is 0 Å². The Morgan fingerprint density at radius 3 is 2.53 bits per heavy atom. The van der Waals surface area contributed by atoms with E-state index in [1.807, 2.05) is 55.8 Å². The second kappa shape index (κ2) is 5.53. The summed E-state index contributed by atoms with van der Waals surface area (Å²) in [6.45, 7) is 6.14. The number of benzene rings is 1. The van der Waals surface area contributed by atoms with Gasteiger partial charge in [0.25, 0.3) is 0 Å². The number of hydrogen-bond acceptors (Lipinski definition) is 3. The first-order chi connectivity index (χ1) is 8.98. The number of aliphatic hydroxyl groups excluding tert-OH is 1. The van der Waals surface area contributed by atoms with Crippen molar-refractivity contribution in [2.24, 2.45) is 5.41 Å². The number of aryl methyl sites for hydroxylation is 1. The Morgan fingerprint density at radius 1 is 1.21 bits per heavy atom. The first-order valence-electron chi connectivity index (χ1n) is 6.61. The van der Waals surface area contributed by atoms with Gasteiger partial charge in [0.05, 0.1) is 23.7 Å². The standard InChI is InChI=1S/C15H21N3O/c1-15(2,3)14(19)10-9-13-11-16-17-18(13)12-7-5-4-6-8-12/h4-8,11,14,19H,9-10H2,1-3H3. The van der Waals surface area contributed by atoms with Crippen LogP contribution in [0.2, 0.25) is 0 Å². The number of hydrogen-bond donors (Lipinski definition) is 1. The maximum Gasteiger partial charge on any atom is 0.0729 e. The van der Waals surface area contributed by atoms with Gasteiger partial charge >= 0.3 is 0 Å². The maximum atomic E-state index is 10.1. The van der Waals surface area contributed by atoms with Gasteiger partial charge in [-0.1, -0.05) is 44.2 Å². The fraction of sp³-hybridized carbons (Fsp3) is 0.467. The van der Waals surface area contributed by atoms with E-state index in [4.69, 9.17) is 0 Å². The lowest BCUT2D eigenvalue weighted by Gasteiger charge is -2.25. The average Bonchev–Trinajstić information content (AvgIpc) is 2.84. The predicted molar refractivity (Wildman–Crippen MR) is 75.1 cm³/mol. The third-order valence-electron chi connectivity index (χ3n) is 3.29. The summed E-state index contributed by atoms with van der Waals surface area (Å²) in [5, 5.41) is 18.2. The molecule has 0 aliphatic carbocycles. The van der Waals surface area contributed by atoms with Crippen molar-refractivity contribution >= 4 is 0 Å². The van der Waals surface area contributed by atoms with Crippen LogP contribution in [0.3, 0.4) is 0 Å². The fourth-order valence-corrected chi connectivity index (χ4v) is 1.93. The van der Waals surface area contributed by atoms with Gasteiger partial charge in [0.1, 0.15) is 0 Å². The topological polar surface area (TPSA) is 50.9 Å². The SMILES string of the molecule is CC(C)(C)C(O)CCc1cnnn1-c1ccccc1. The maximum absolute atomic E-state index is 10.1. The number of nitrogens with zero attached hydrogens (tertiary/aromatic N) is 3. The molecule has 4 nitrogen and oxygen atoms in total. The van der Waals surface area contributed by atoms with E-state index in [1.54, 1.807) is 6.20 Å². The monoisotopic (exact) mass is 259 g/mol. The number of para-hydroxylation sites is 1. The summed E-state index contributed by atoms with van der Waals surface area (Å²) in [6.07, 6.45) is 2.92. The molecule has 0 bridgehead atoms. The van der Waals surface area contributed by atoms with E-state index in [0.29, 0.717) is 6.42 Å². The highest BCUT2D eigenvalue weighted by molar-refractivity contribution is 5.31. The number of aromatic nitrogens is 3. The van der Waals surface area contributed by atoms with Crippen molar-refractivity contribution in [3.05, 3.63) is 42.2 Å². The van der Waals surface area contributed by atoms with Crippen molar-refractivity contribution in [1.29, 1.82) is 0 Å². The van der Waals surface area contributed by atoms with Crippen LogP contribution in [0.25, 0.3) is 5.69 Å². The third-order valence-corrected chi connectivity index (χ3v) is 3.29. The Kier molecular flexibility index (Phi) is 4.00. The summed E-state index contributed by atoms with van der Waals surface area (Å²) in [5.74, 6) is 0. The molecule has 0 amide bonds. The summed E-state index contributed by atoms with van der Waals surface area (Å²) in [5.41, 5.74) is 1.93. The average molecular weight is 259 g/mol. The molecule has 0 fully saturated rings. The molecule has 1 aromatic carbocycles. The second-order valence-corrected chi connectivity index (χ2v) is 5.89. The van der Waals surface area contributed by atoms with Gasteiger partial charge in [-0.05, 0) is 30.4 Å². The Labute approximate surface area is 114 Å².